The summed E-state index contributed by atoms with van der Waals surface area (Å²) in [5, 5.41) is 5.08. The quantitative estimate of drug-likeness (QED) is 0.340. The smallest absolute Gasteiger partial charge is 0.282 e. The maximum absolute atomic E-state index is 13.2. The van der Waals surface area contributed by atoms with Crippen LogP contribution < -0.4 is 16.0 Å². The van der Waals surface area contributed by atoms with Gasteiger partial charge in [0.2, 0.25) is 0 Å². The average molecular weight is 536 g/mol. The lowest BCUT2D eigenvalue weighted by Crippen LogP contribution is -2.22. The molecule has 0 aliphatic carbocycles. The van der Waals surface area contributed by atoms with Gasteiger partial charge in [-0.2, -0.15) is 9.78 Å². The van der Waals surface area contributed by atoms with Crippen molar-refractivity contribution < 1.29 is 9.53 Å². The fraction of sp³-hybridized carbons (Fsp3) is 0.231. The lowest BCUT2D eigenvalue weighted by molar-refractivity contribution is -0.119. The first kappa shape index (κ1) is 24.4. The average Bonchev–Trinajstić information content (AvgIpc) is 3.11. The van der Waals surface area contributed by atoms with Gasteiger partial charge in [0.1, 0.15) is 11.6 Å². The Morgan fingerprint density at radius 3 is 2.60 bits per heavy atom. The van der Waals surface area contributed by atoms with E-state index in [2.05, 4.69) is 30.6 Å². The Kier molecular flexibility index (Phi) is 7.16. The highest BCUT2D eigenvalue weighted by molar-refractivity contribution is 9.10. The van der Waals surface area contributed by atoms with Gasteiger partial charge in [-0.25, -0.2) is 4.98 Å². The molecule has 35 heavy (non-hydrogen) atoms. The van der Waals surface area contributed by atoms with Gasteiger partial charge in [-0.3, -0.25) is 9.59 Å². The zero-order chi connectivity index (χ0) is 25.1. The number of rotatable bonds is 8. The van der Waals surface area contributed by atoms with E-state index >= 15 is 0 Å². The van der Waals surface area contributed by atoms with Gasteiger partial charge in [0.05, 0.1) is 17.1 Å². The molecule has 0 aliphatic rings. The van der Waals surface area contributed by atoms with Crippen LogP contribution >= 0.6 is 15.9 Å². The number of carbonyl (C=O) groups is 1. The third-order valence-electron chi connectivity index (χ3n) is 5.61. The van der Waals surface area contributed by atoms with E-state index in [0.29, 0.717) is 28.9 Å². The van der Waals surface area contributed by atoms with Gasteiger partial charge in [0.15, 0.2) is 6.61 Å². The molecule has 0 bridgehead atoms. The number of halogens is 1. The van der Waals surface area contributed by atoms with Crippen molar-refractivity contribution in [3.05, 3.63) is 86.1 Å². The van der Waals surface area contributed by atoms with Gasteiger partial charge < -0.3 is 15.0 Å². The van der Waals surface area contributed by atoms with E-state index in [0.717, 1.165) is 33.5 Å². The molecule has 4 rings (SSSR count). The molecular weight excluding hydrogens is 510 g/mol. The summed E-state index contributed by atoms with van der Waals surface area (Å²) in [6.45, 7) is 5.88. The molecule has 0 atom stereocenters. The van der Waals surface area contributed by atoms with Crippen molar-refractivity contribution in [3.8, 4) is 11.4 Å². The maximum atomic E-state index is 13.2. The van der Waals surface area contributed by atoms with Gasteiger partial charge in [0, 0.05) is 33.5 Å². The molecule has 0 radical (unpaired) electrons. The van der Waals surface area contributed by atoms with Crippen LogP contribution in [0.25, 0.3) is 16.6 Å². The Hall–Kier alpha value is -3.72. The van der Waals surface area contributed by atoms with E-state index in [1.54, 1.807) is 24.4 Å². The molecule has 4 aromatic rings. The summed E-state index contributed by atoms with van der Waals surface area (Å²) in [7, 11) is 0. The minimum absolute atomic E-state index is 0.165. The molecular formula is C26H26BrN5O3. The number of nitrogens with two attached hydrogens (primary N) is 1. The van der Waals surface area contributed by atoms with Crippen LogP contribution in [-0.2, 0) is 11.2 Å². The summed E-state index contributed by atoms with van der Waals surface area (Å²) >= 11 is 3.43. The molecule has 2 aromatic carbocycles. The van der Waals surface area contributed by atoms with Gasteiger partial charge in [-0.1, -0.05) is 22.9 Å². The molecule has 2 N–H and O–H groups in total. The minimum Gasteiger partial charge on any atom is -0.484 e. The zero-order valence-corrected chi connectivity index (χ0v) is 21.4. The summed E-state index contributed by atoms with van der Waals surface area (Å²) in [5.74, 6) is 0.671. The number of hydrogen-bond donors (Lipinski definition) is 1. The first-order chi connectivity index (χ1) is 16.8. The Morgan fingerprint density at radius 2 is 1.91 bits per heavy atom. The van der Waals surface area contributed by atoms with E-state index in [9.17, 15) is 9.59 Å². The molecule has 1 amide bonds. The number of nitrogens with zero attached hydrogens (tertiary/aromatic N) is 4. The Labute approximate surface area is 211 Å². The van der Waals surface area contributed by atoms with Crippen LogP contribution in [-0.4, -0.2) is 33.0 Å². The van der Waals surface area contributed by atoms with Crippen molar-refractivity contribution >= 4 is 39.0 Å². The standard InChI is InChI=1S/C26H26BrN5O3/c1-4-5-25-30-23-11-6-19(27)13-22(23)26(34)32(25)29-14-18-12-16(2)31(17(18)3)20-7-9-21(10-8-20)35-15-24(28)33/h6-14H,4-5,15H2,1-3H3,(H2,28,33). The number of fused-ring (bicyclic) bond motifs is 1. The summed E-state index contributed by atoms with van der Waals surface area (Å²) in [6.07, 6.45) is 3.19. The number of hydrogen-bond acceptors (Lipinski definition) is 5. The monoisotopic (exact) mass is 535 g/mol. The van der Waals surface area contributed by atoms with Crippen LogP contribution in [0.2, 0.25) is 0 Å². The highest BCUT2D eigenvalue weighted by atomic mass is 79.9. The summed E-state index contributed by atoms with van der Waals surface area (Å²) < 4.78 is 9.65. The molecule has 2 aromatic heterocycles. The number of primary amides is 1. The van der Waals surface area contributed by atoms with E-state index in [1.807, 2.05) is 51.1 Å². The number of carbonyl (C=O) groups excluding carboxylic acids is 1. The summed E-state index contributed by atoms with van der Waals surface area (Å²) in [4.78, 5) is 28.9. The van der Waals surface area contributed by atoms with Crippen LogP contribution in [0.3, 0.4) is 0 Å². The molecule has 9 heteroatoms. The molecule has 0 saturated carbocycles. The van der Waals surface area contributed by atoms with Crippen molar-refractivity contribution in [2.75, 3.05) is 6.61 Å². The predicted molar refractivity (Wildman–Crippen MR) is 141 cm³/mol. The molecule has 8 nitrogen and oxygen atoms in total. The molecule has 0 fully saturated rings. The highest BCUT2D eigenvalue weighted by Crippen LogP contribution is 2.22. The number of ether oxygens (including phenoxy) is 1. The topological polar surface area (TPSA) is 104 Å². The number of aryl methyl sites for hydroxylation is 2. The van der Waals surface area contributed by atoms with Crippen molar-refractivity contribution in [2.45, 2.75) is 33.6 Å². The Balaban J connectivity index is 1.70. The molecule has 180 valence electrons. The molecule has 0 aliphatic heterocycles. The van der Waals surface area contributed by atoms with Gasteiger partial charge in [-0.15, -0.1) is 0 Å². The SMILES string of the molecule is CCCc1nc2ccc(Br)cc2c(=O)n1N=Cc1cc(C)n(-c2ccc(OCC(N)=O)cc2)c1C. The highest BCUT2D eigenvalue weighted by Gasteiger charge is 2.13. The van der Waals surface area contributed by atoms with Crippen molar-refractivity contribution in [3.63, 3.8) is 0 Å². The Bertz CT molecular complexity index is 1490. The largest absolute Gasteiger partial charge is 0.484 e. The van der Waals surface area contributed by atoms with E-state index in [-0.39, 0.29) is 12.2 Å². The van der Waals surface area contributed by atoms with E-state index in [4.69, 9.17) is 10.5 Å². The fourth-order valence-electron chi connectivity index (χ4n) is 3.98. The van der Waals surface area contributed by atoms with Gasteiger partial charge in [0.25, 0.3) is 11.5 Å². The second-order valence-corrected chi connectivity index (χ2v) is 9.13. The third-order valence-corrected chi connectivity index (χ3v) is 6.10. The van der Waals surface area contributed by atoms with Crippen LogP contribution in [0.4, 0.5) is 0 Å². The van der Waals surface area contributed by atoms with Crippen LogP contribution in [0.5, 0.6) is 5.75 Å². The molecule has 0 saturated heterocycles. The normalized spacial score (nSPS) is 11.4. The first-order valence-electron chi connectivity index (χ1n) is 11.2. The van der Waals surface area contributed by atoms with E-state index < -0.39 is 5.91 Å². The van der Waals surface area contributed by atoms with Gasteiger partial charge >= 0.3 is 0 Å². The second-order valence-electron chi connectivity index (χ2n) is 8.21. The van der Waals surface area contributed by atoms with Gasteiger partial charge in [-0.05, 0) is 68.8 Å². The van der Waals surface area contributed by atoms with Crippen LogP contribution in [0.15, 0.2) is 62.9 Å². The van der Waals surface area contributed by atoms with Crippen molar-refractivity contribution in [2.24, 2.45) is 10.8 Å². The summed E-state index contributed by atoms with van der Waals surface area (Å²) in [5.41, 5.74) is 9.41. The number of benzene rings is 2. The number of amides is 1. The fourth-order valence-corrected chi connectivity index (χ4v) is 4.34. The summed E-state index contributed by atoms with van der Waals surface area (Å²) in [6, 6.07) is 14.9. The molecule has 0 unspecified atom stereocenters. The minimum atomic E-state index is -0.523. The third kappa shape index (κ3) is 5.19. The molecule has 0 spiro atoms. The zero-order valence-electron chi connectivity index (χ0n) is 19.8. The molecule has 2 heterocycles. The number of aromatic nitrogens is 3. The van der Waals surface area contributed by atoms with Crippen molar-refractivity contribution in [1.82, 2.24) is 14.2 Å². The predicted octanol–water partition coefficient (Wildman–Crippen LogP) is 4.27. The maximum Gasteiger partial charge on any atom is 0.282 e. The lowest BCUT2D eigenvalue weighted by atomic mass is 10.2. The first-order valence-corrected chi connectivity index (χ1v) is 12.0. The Morgan fingerprint density at radius 1 is 1.17 bits per heavy atom. The van der Waals surface area contributed by atoms with Crippen molar-refractivity contribution in [1.29, 1.82) is 0 Å². The van der Waals surface area contributed by atoms with Crippen LogP contribution in [0, 0.1) is 13.8 Å². The lowest BCUT2D eigenvalue weighted by Gasteiger charge is -2.11. The van der Waals surface area contributed by atoms with Crippen LogP contribution in [0.1, 0.15) is 36.1 Å². The van der Waals surface area contributed by atoms with E-state index in [1.165, 1.54) is 4.68 Å². The second kappa shape index (κ2) is 10.3.